The highest BCUT2D eigenvalue weighted by Crippen LogP contribution is 2.31. The number of nitrogens with one attached hydrogen (secondary N) is 2. The molecule has 0 aromatic heterocycles. The first-order chi connectivity index (χ1) is 12.6. The Morgan fingerprint density at radius 1 is 0.885 bits per heavy atom. The monoisotopic (exact) mass is 342 g/mol. The fourth-order valence-corrected chi connectivity index (χ4v) is 3.38. The van der Waals surface area contributed by atoms with Crippen molar-refractivity contribution in [1.29, 1.82) is 0 Å². The summed E-state index contributed by atoms with van der Waals surface area (Å²) in [5.74, 6) is -0.0891. The molecule has 4 heteroatoms. The van der Waals surface area contributed by atoms with E-state index in [2.05, 4.69) is 10.6 Å². The van der Waals surface area contributed by atoms with Crippen LogP contribution >= 0.6 is 0 Å². The van der Waals surface area contributed by atoms with Gasteiger partial charge in [0, 0.05) is 16.8 Å². The van der Waals surface area contributed by atoms with Crippen LogP contribution in [0.3, 0.4) is 0 Å². The number of amides is 2. The third kappa shape index (κ3) is 2.86. The minimum atomic E-state index is -0.485. The Hall–Kier alpha value is -3.40. The molecule has 2 amide bonds. The normalized spacial score (nSPS) is 17.0. The maximum atomic E-state index is 13.1. The van der Waals surface area contributed by atoms with E-state index in [0.29, 0.717) is 16.8 Å². The summed E-state index contributed by atoms with van der Waals surface area (Å²) in [6.07, 6.45) is 0. The number of urea groups is 1. The molecule has 0 spiro atoms. The summed E-state index contributed by atoms with van der Waals surface area (Å²) in [4.78, 5) is 25.2. The van der Waals surface area contributed by atoms with Crippen LogP contribution in [0.15, 0.2) is 84.1 Å². The molecular weight excluding hydrogens is 324 g/mol. The fraction of sp³-hybridized carbons (Fsp3) is 0.0909. The molecule has 1 aliphatic rings. The lowest BCUT2D eigenvalue weighted by Crippen LogP contribution is -2.45. The average molecular weight is 342 g/mol. The van der Waals surface area contributed by atoms with Gasteiger partial charge in [0.25, 0.3) is 0 Å². The van der Waals surface area contributed by atoms with E-state index in [0.717, 1.165) is 16.3 Å². The molecular formula is C22H18N2O2. The summed E-state index contributed by atoms with van der Waals surface area (Å²) < 4.78 is 0. The molecule has 26 heavy (non-hydrogen) atoms. The molecule has 4 nitrogen and oxygen atoms in total. The topological polar surface area (TPSA) is 58.2 Å². The van der Waals surface area contributed by atoms with Gasteiger partial charge in [0.05, 0.1) is 6.04 Å². The summed E-state index contributed by atoms with van der Waals surface area (Å²) in [6, 6.07) is 22.4. The highest BCUT2D eigenvalue weighted by atomic mass is 16.2. The molecule has 0 aliphatic carbocycles. The van der Waals surface area contributed by atoms with Crippen molar-refractivity contribution in [2.24, 2.45) is 0 Å². The lowest BCUT2D eigenvalue weighted by atomic mass is 9.89. The number of allylic oxidation sites excluding steroid dienone is 1. The first-order valence-electron chi connectivity index (χ1n) is 8.50. The Balaban J connectivity index is 1.82. The molecule has 1 unspecified atom stereocenters. The molecule has 0 bridgehead atoms. The molecule has 0 saturated carbocycles. The van der Waals surface area contributed by atoms with E-state index in [1.807, 2.05) is 60.7 Å². The van der Waals surface area contributed by atoms with Crippen molar-refractivity contribution in [3.05, 3.63) is 95.2 Å². The molecule has 3 aromatic carbocycles. The summed E-state index contributed by atoms with van der Waals surface area (Å²) in [5.41, 5.74) is 2.63. The second-order valence-electron chi connectivity index (χ2n) is 6.37. The second kappa shape index (κ2) is 6.48. The molecule has 0 fully saturated rings. The van der Waals surface area contributed by atoms with Crippen molar-refractivity contribution in [3.63, 3.8) is 0 Å². The average Bonchev–Trinajstić information content (AvgIpc) is 2.67. The Morgan fingerprint density at radius 3 is 2.35 bits per heavy atom. The number of carbonyl (C=O) groups excluding carboxylic acids is 2. The van der Waals surface area contributed by atoms with Crippen LogP contribution in [0.5, 0.6) is 0 Å². The van der Waals surface area contributed by atoms with Gasteiger partial charge in [0.15, 0.2) is 5.78 Å². The molecule has 0 saturated heterocycles. The molecule has 2 N–H and O–H groups in total. The molecule has 3 aromatic rings. The summed E-state index contributed by atoms with van der Waals surface area (Å²) >= 11 is 0. The summed E-state index contributed by atoms with van der Waals surface area (Å²) in [5, 5.41) is 7.82. The SMILES string of the molecule is CC1=C(C(=O)c2ccccc2)C(c2ccc3ccccc3c2)NC(=O)N1. The van der Waals surface area contributed by atoms with E-state index in [1.54, 1.807) is 19.1 Å². The predicted molar refractivity (Wildman–Crippen MR) is 102 cm³/mol. The van der Waals surface area contributed by atoms with Gasteiger partial charge < -0.3 is 10.6 Å². The minimum Gasteiger partial charge on any atom is -0.327 e. The molecule has 1 heterocycles. The van der Waals surface area contributed by atoms with Crippen molar-refractivity contribution in [2.75, 3.05) is 0 Å². The van der Waals surface area contributed by atoms with Gasteiger partial charge in [-0.05, 0) is 29.3 Å². The predicted octanol–water partition coefficient (Wildman–Crippen LogP) is 4.35. The Bertz CT molecular complexity index is 1040. The van der Waals surface area contributed by atoms with Crippen LogP contribution in [0, 0.1) is 0 Å². The van der Waals surface area contributed by atoms with Crippen LogP contribution < -0.4 is 10.6 Å². The highest BCUT2D eigenvalue weighted by molar-refractivity contribution is 6.11. The van der Waals surface area contributed by atoms with E-state index in [-0.39, 0.29) is 11.8 Å². The van der Waals surface area contributed by atoms with Gasteiger partial charge in [-0.2, -0.15) is 0 Å². The van der Waals surface area contributed by atoms with Crippen LogP contribution in [-0.4, -0.2) is 11.8 Å². The standard InChI is InChI=1S/C22H18N2O2/c1-14-19(21(25)16-8-3-2-4-9-16)20(24-22(26)23-14)18-12-11-15-7-5-6-10-17(15)13-18/h2-13,20H,1H3,(H2,23,24,26). The van der Waals surface area contributed by atoms with E-state index in [4.69, 9.17) is 0 Å². The van der Waals surface area contributed by atoms with Crippen molar-refractivity contribution < 1.29 is 9.59 Å². The van der Waals surface area contributed by atoms with E-state index in [9.17, 15) is 9.59 Å². The number of hydrogen-bond donors (Lipinski definition) is 2. The van der Waals surface area contributed by atoms with Crippen LogP contribution in [0.2, 0.25) is 0 Å². The zero-order valence-electron chi connectivity index (χ0n) is 14.3. The van der Waals surface area contributed by atoms with Crippen molar-refractivity contribution in [2.45, 2.75) is 13.0 Å². The Labute approximate surface area is 151 Å². The molecule has 4 rings (SSSR count). The fourth-order valence-electron chi connectivity index (χ4n) is 3.38. The quantitative estimate of drug-likeness (QED) is 0.695. The number of hydrogen-bond acceptors (Lipinski definition) is 2. The number of fused-ring (bicyclic) bond motifs is 1. The van der Waals surface area contributed by atoms with Crippen LogP contribution in [-0.2, 0) is 0 Å². The zero-order chi connectivity index (χ0) is 18.1. The van der Waals surface area contributed by atoms with Crippen LogP contribution in [0.25, 0.3) is 10.8 Å². The van der Waals surface area contributed by atoms with E-state index >= 15 is 0 Å². The van der Waals surface area contributed by atoms with Gasteiger partial charge >= 0.3 is 6.03 Å². The molecule has 1 atom stereocenters. The summed E-state index contributed by atoms with van der Waals surface area (Å²) in [7, 11) is 0. The first kappa shape index (κ1) is 16.1. The largest absolute Gasteiger partial charge is 0.327 e. The zero-order valence-corrected chi connectivity index (χ0v) is 14.3. The van der Waals surface area contributed by atoms with E-state index < -0.39 is 6.04 Å². The number of rotatable bonds is 3. The molecule has 0 radical (unpaired) electrons. The molecule has 128 valence electrons. The number of benzene rings is 3. The summed E-state index contributed by atoms with van der Waals surface area (Å²) in [6.45, 7) is 1.77. The maximum absolute atomic E-state index is 13.1. The van der Waals surface area contributed by atoms with Gasteiger partial charge in [0.1, 0.15) is 0 Å². The van der Waals surface area contributed by atoms with E-state index in [1.165, 1.54) is 0 Å². The second-order valence-corrected chi connectivity index (χ2v) is 6.37. The van der Waals surface area contributed by atoms with Gasteiger partial charge in [-0.3, -0.25) is 4.79 Å². The van der Waals surface area contributed by atoms with Crippen molar-refractivity contribution in [1.82, 2.24) is 10.6 Å². The first-order valence-corrected chi connectivity index (χ1v) is 8.50. The highest BCUT2D eigenvalue weighted by Gasteiger charge is 2.31. The van der Waals surface area contributed by atoms with Gasteiger partial charge in [-0.15, -0.1) is 0 Å². The van der Waals surface area contributed by atoms with Crippen molar-refractivity contribution in [3.8, 4) is 0 Å². The number of Topliss-reactive ketones (excluding diaryl/α,β-unsaturated/α-hetero) is 1. The van der Waals surface area contributed by atoms with Crippen LogP contribution in [0.4, 0.5) is 4.79 Å². The number of ketones is 1. The lowest BCUT2D eigenvalue weighted by Gasteiger charge is -2.29. The van der Waals surface area contributed by atoms with Crippen molar-refractivity contribution >= 4 is 22.6 Å². The maximum Gasteiger partial charge on any atom is 0.319 e. The van der Waals surface area contributed by atoms with Gasteiger partial charge in [-0.25, -0.2) is 4.79 Å². The van der Waals surface area contributed by atoms with Gasteiger partial charge in [0.2, 0.25) is 0 Å². The van der Waals surface area contributed by atoms with Crippen LogP contribution in [0.1, 0.15) is 28.9 Å². The third-order valence-electron chi connectivity index (χ3n) is 4.66. The smallest absolute Gasteiger partial charge is 0.319 e. The molecule has 1 aliphatic heterocycles. The minimum absolute atomic E-state index is 0.0891. The lowest BCUT2D eigenvalue weighted by molar-refractivity contribution is 0.102. The number of carbonyl (C=O) groups is 2. The van der Waals surface area contributed by atoms with Gasteiger partial charge in [-0.1, -0.05) is 66.7 Å². The third-order valence-corrected chi connectivity index (χ3v) is 4.66. The Morgan fingerprint density at radius 2 is 1.58 bits per heavy atom. The Kier molecular flexibility index (Phi) is 4.01.